The molecule has 3 atom stereocenters. The molecule has 1 fully saturated rings. The van der Waals surface area contributed by atoms with Gasteiger partial charge in [0.05, 0.1) is 6.61 Å². The van der Waals surface area contributed by atoms with Crippen molar-refractivity contribution in [3.63, 3.8) is 0 Å². The molecule has 6 heteroatoms. The third-order valence-corrected chi connectivity index (χ3v) is 6.83. The van der Waals surface area contributed by atoms with Gasteiger partial charge < -0.3 is 14.4 Å². The third-order valence-electron chi connectivity index (χ3n) is 6.83. The Labute approximate surface area is 176 Å². The average Bonchev–Trinajstić information content (AvgIpc) is 3.13. The molecule has 0 radical (unpaired) electrons. The summed E-state index contributed by atoms with van der Waals surface area (Å²) in [4.78, 5) is 4.98. The van der Waals surface area contributed by atoms with Gasteiger partial charge in [0.15, 0.2) is 0 Å². The van der Waals surface area contributed by atoms with Crippen molar-refractivity contribution in [1.82, 2.24) is 20.0 Å². The lowest BCUT2D eigenvalue weighted by atomic mass is 9.69. The van der Waals surface area contributed by atoms with E-state index in [0.717, 1.165) is 70.3 Å². The maximum Gasteiger partial charge on any atom is 0.217 e. The zero-order chi connectivity index (χ0) is 20.8. The molecular formula is C23H40N4O2. The lowest BCUT2D eigenvalue weighted by Gasteiger charge is -2.41. The molecule has 1 aromatic rings. The molecule has 0 unspecified atom stereocenters. The van der Waals surface area contributed by atoms with Crippen LogP contribution in [-0.4, -0.2) is 71.0 Å². The number of allylic oxidation sites excluding steroid dienone is 1. The first-order valence-electron chi connectivity index (χ1n) is 11.5. The molecule has 0 spiro atoms. The number of aliphatic hydroxyl groups excluding tert-OH is 1. The van der Waals surface area contributed by atoms with Crippen molar-refractivity contribution in [3.8, 4) is 0 Å². The molecule has 0 saturated carbocycles. The van der Waals surface area contributed by atoms with Crippen LogP contribution in [0.3, 0.4) is 0 Å². The highest BCUT2D eigenvalue weighted by molar-refractivity contribution is 5.14. The maximum absolute atomic E-state index is 9.15. The zero-order valence-corrected chi connectivity index (χ0v) is 18.8. The number of nitrogens with zero attached hydrogens (tertiary/aromatic N) is 4. The van der Waals surface area contributed by atoms with Crippen LogP contribution in [-0.2, 0) is 12.8 Å². The number of aromatic nitrogens is 2. The van der Waals surface area contributed by atoms with Gasteiger partial charge in [0.2, 0.25) is 11.8 Å². The Morgan fingerprint density at radius 1 is 1.14 bits per heavy atom. The second-order valence-electron chi connectivity index (χ2n) is 9.32. The molecule has 0 amide bonds. The molecule has 1 saturated heterocycles. The standard InChI is InChI=1S/C23H40N4O2/c1-5-6-22-24-25-23(29-22)15-19-14-21(17(2)3)20(13-18(19)4)16-27-9-7-26(8-10-27)11-12-28/h13,17,19-21,28H,5-12,14-16H2,1-4H3/t19-,20+,21+/m1/s1. The van der Waals surface area contributed by atoms with E-state index in [2.05, 4.69) is 53.8 Å². The smallest absolute Gasteiger partial charge is 0.217 e. The fourth-order valence-electron chi connectivity index (χ4n) is 5.02. The number of aryl methyl sites for hydroxylation is 1. The van der Waals surface area contributed by atoms with Crippen LogP contribution in [0.5, 0.6) is 0 Å². The summed E-state index contributed by atoms with van der Waals surface area (Å²) < 4.78 is 5.87. The Balaban J connectivity index is 1.61. The zero-order valence-electron chi connectivity index (χ0n) is 18.8. The largest absolute Gasteiger partial charge is 0.425 e. The molecule has 3 rings (SSSR count). The Bertz CT molecular complexity index is 649. The molecule has 29 heavy (non-hydrogen) atoms. The normalized spacial score (nSPS) is 26.8. The quantitative estimate of drug-likeness (QED) is 0.638. The number of β-amino-alcohol motifs (C(OH)–C–C–N with tert-alkyl or cyclic N) is 1. The number of piperazine rings is 1. The average molecular weight is 405 g/mol. The van der Waals surface area contributed by atoms with Crippen molar-refractivity contribution >= 4 is 0 Å². The summed E-state index contributed by atoms with van der Waals surface area (Å²) in [5.74, 6) is 4.06. The molecule has 2 heterocycles. The minimum Gasteiger partial charge on any atom is -0.425 e. The van der Waals surface area contributed by atoms with Crippen LogP contribution in [0.4, 0.5) is 0 Å². The first-order valence-corrected chi connectivity index (χ1v) is 11.5. The van der Waals surface area contributed by atoms with Gasteiger partial charge in [-0.15, -0.1) is 10.2 Å². The predicted molar refractivity (Wildman–Crippen MR) is 116 cm³/mol. The molecule has 6 nitrogen and oxygen atoms in total. The molecular weight excluding hydrogens is 364 g/mol. The highest BCUT2D eigenvalue weighted by Crippen LogP contribution is 2.39. The van der Waals surface area contributed by atoms with E-state index in [1.807, 2.05) is 0 Å². The predicted octanol–water partition coefficient (Wildman–Crippen LogP) is 3.03. The molecule has 1 N–H and O–H groups in total. The van der Waals surface area contributed by atoms with Gasteiger partial charge in [0.1, 0.15) is 0 Å². The van der Waals surface area contributed by atoms with Crippen LogP contribution < -0.4 is 0 Å². The van der Waals surface area contributed by atoms with Crippen molar-refractivity contribution in [2.75, 3.05) is 45.9 Å². The van der Waals surface area contributed by atoms with Gasteiger partial charge in [0.25, 0.3) is 0 Å². The van der Waals surface area contributed by atoms with Crippen LogP contribution in [0.25, 0.3) is 0 Å². The van der Waals surface area contributed by atoms with E-state index in [9.17, 15) is 0 Å². The van der Waals surface area contributed by atoms with Gasteiger partial charge in [-0.1, -0.05) is 32.4 Å². The maximum atomic E-state index is 9.15. The SMILES string of the molecule is CCCc1nnc(C[C@H]2C[C@@H](C(C)C)[C@H](CN3CCN(CCO)CC3)C=C2C)o1. The number of aliphatic hydroxyl groups is 1. The first-order chi connectivity index (χ1) is 14.0. The van der Waals surface area contributed by atoms with E-state index in [-0.39, 0.29) is 6.61 Å². The summed E-state index contributed by atoms with van der Waals surface area (Å²) in [5.41, 5.74) is 1.49. The first kappa shape index (κ1) is 22.4. The molecule has 0 bridgehead atoms. The molecule has 1 aliphatic heterocycles. The second-order valence-corrected chi connectivity index (χ2v) is 9.32. The molecule has 164 valence electrons. The van der Waals surface area contributed by atoms with Crippen LogP contribution in [0.15, 0.2) is 16.1 Å². The van der Waals surface area contributed by atoms with Crippen molar-refractivity contribution in [2.45, 2.75) is 53.4 Å². The van der Waals surface area contributed by atoms with E-state index in [1.54, 1.807) is 0 Å². The monoisotopic (exact) mass is 404 g/mol. The summed E-state index contributed by atoms with van der Waals surface area (Å²) in [6.07, 6.45) is 6.53. The van der Waals surface area contributed by atoms with Gasteiger partial charge in [-0.25, -0.2) is 0 Å². The highest BCUT2D eigenvalue weighted by atomic mass is 16.4. The summed E-state index contributed by atoms with van der Waals surface area (Å²) in [6, 6.07) is 0. The third kappa shape index (κ3) is 6.12. The van der Waals surface area contributed by atoms with Crippen molar-refractivity contribution < 1.29 is 9.52 Å². The van der Waals surface area contributed by atoms with Gasteiger partial charge in [0, 0.05) is 52.1 Å². The fourth-order valence-corrected chi connectivity index (χ4v) is 5.02. The Morgan fingerprint density at radius 2 is 1.83 bits per heavy atom. The van der Waals surface area contributed by atoms with Gasteiger partial charge in [-0.05, 0) is 43.4 Å². The number of rotatable bonds is 9. The van der Waals surface area contributed by atoms with Crippen molar-refractivity contribution in [1.29, 1.82) is 0 Å². The van der Waals surface area contributed by atoms with Crippen molar-refractivity contribution in [3.05, 3.63) is 23.4 Å². The van der Waals surface area contributed by atoms with Crippen molar-refractivity contribution in [2.24, 2.45) is 23.7 Å². The van der Waals surface area contributed by atoms with E-state index in [1.165, 1.54) is 12.0 Å². The van der Waals surface area contributed by atoms with Crippen LogP contribution >= 0.6 is 0 Å². The lowest BCUT2D eigenvalue weighted by Crippen LogP contribution is -2.49. The van der Waals surface area contributed by atoms with Gasteiger partial charge in [-0.3, -0.25) is 4.90 Å². The molecule has 1 aromatic heterocycles. The van der Waals surface area contributed by atoms with Crippen LogP contribution in [0.2, 0.25) is 0 Å². The Morgan fingerprint density at radius 3 is 2.48 bits per heavy atom. The summed E-state index contributed by atoms with van der Waals surface area (Å²) in [5, 5.41) is 17.6. The Kier molecular flexibility index (Phi) is 8.27. The minimum absolute atomic E-state index is 0.265. The van der Waals surface area contributed by atoms with E-state index in [4.69, 9.17) is 9.52 Å². The van der Waals surface area contributed by atoms with Crippen LogP contribution in [0, 0.1) is 23.7 Å². The summed E-state index contributed by atoms with van der Waals surface area (Å²) >= 11 is 0. The topological polar surface area (TPSA) is 65.6 Å². The van der Waals surface area contributed by atoms with Gasteiger partial charge >= 0.3 is 0 Å². The molecule has 2 aliphatic rings. The summed E-state index contributed by atoms with van der Waals surface area (Å²) in [7, 11) is 0. The fraction of sp³-hybridized carbons (Fsp3) is 0.826. The summed E-state index contributed by atoms with van der Waals surface area (Å²) in [6.45, 7) is 15.8. The number of hydrogen-bond donors (Lipinski definition) is 1. The van der Waals surface area contributed by atoms with Crippen LogP contribution in [0.1, 0.15) is 52.3 Å². The highest BCUT2D eigenvalue weighted by Gasteiger charge is 2.33. The van der Waals surface area contributed by atoms with E-state index in [0.29, 0.717) is 23.7 Å². The Hall–Kier alpha value is -1.24. The number of hydrogen-bond acceptors (Lipinski definition) is 6. The van der Waals surface area contributed by atoms with Gasteiger partial charge in [-0.2, -0.15) is 0 Å². The van der Waals surface area contributed by atoms with E-state index < -0.39 is 0 Å². The molecule has 0 aromatic carbocycles. The second kappa shape index (κ2) is 10.7. The lowest BCUT2D eigenvalue weighted by molar-refractivity contribution is 0.0887. The molecule has 1 aliphatic carbocycles. The van der Waals surface area contributed by atoms with E-state index >= 15 is 0 Å². The minimum atomic E-state index is 0.265.